The Morgan fingerprint density at radius 1 is 1.11 bits per heavy atom. The van der Waals surface area contributed by atoms with Crippen LogP contribution >= 0.6 is 0 Å². The molecule has 27 heavy (non-hydrogen) atoms. The summed E-state index contributed by atoms with van der Waals surface area (Å²) >= 11 is 0. The fourth-order valence-electron chi connectivity index (χ4n) is 3.27. The average Bonchev–Trinajstić information content (AvgIpc) is 3.11. The van der Waals surface area contributed by atoms with Gasteiger partial charge < -0.3 is 20.1 Å². The minimum absolute atomic E-state index is 0.360. The largest absolute Gasteiger partial charge is 0.384 e. The number of likely N-dealkylation sites (N-methyl/N-ethyl adjacent to an activating group) is 1. The highest BCUT2D eigenvalue weighted by Gasteiger charge is 2.40. The van der Waals surface area contributed by atoms with Crippen LogP contribution in [-0.2, 0) is 16.0 Å². The Balaban J connectivity index is 0.000000465. The second-order valence-corrected chi connectivity index (χ2v) is 7.60. The van der Waals surface area contributed by atoms with Gasteiger partial charge in [-0.15, -0.1) is 0 Å². The van der Waals surface area contributed by atoms with Gasteiger partial charge in [0.15, 0.2) is 5.79 Å². The minimum Gasteiger partial charge on any atom is -0.384 e. The first-order valence-corrected chi connectivity index (χ1v) is 10.0. The van der Waals surface area contributed by atoms with E-state index in [1.165, 1.54) is 28.0 Å². The zero-order valence-electron chi connectivity index (χ0n) is 17.7. The van der Waals surface area contributed by atoms with Gasteiger partial charge in [0.2, 0.25) is 0 Å². The molecule has 1 aliphatic heterocycles. The molecular weight excluding hydrogens is 336 g/mol. The van der Waals surface area contributed by atoms with Crippen molar-refractivity contribution in [2.75, 3.05) is 26.8 Å². The SMILES string of the molecule is CC=C(C)C.CNCC1=C(NCc2ccc(C)cc2)CCC2(C1)OCCO2. The lowest BCUT2D eigenvalue weighted by molar-refractivity contribution is -0.164. The molecule has 1 aliphatic carbocycles. The van der Waals surface area contributed by atoms with Gasteiger partial charge in [-0.2, -0.15) is 0 Å². The number of allylic oxidation sites excluding steroid dienone is 3. The zero-order chi connectivity index (χ0) is 19.7. The van der Waals surface area contributed by atoms with Crippen LogP contribution in [-0.4, -0.2) is 32.6 Å². The van der Waals surface area contributed by atoms with E-state index in [-0.39, 0.29) is 5.79 Å². The van der Waals surface area contributed by atoms with Gasteiger partial charge >= 0.3 is 0 Å². The summed E-state index contributed by atoms with van der Waals surface area (Å²) in [5.41, 5.74) is 6.72. The highest BCUT2D eigenvalue weighted by Crippen LogP contribution is 2.37. The third-order valence-corrected chi connectivity index (χ3v) is 5.07. The van der Waals surface area contributed by atoms with Crippen molar-refractivity contribution in [1.29, 1.82) is 0 Å². The molecule has 4 nitrogen and oxygen atoms in total. The van der Waals surface area contributed by atoms with Crippen molar-refractivity contribution < 1.29 is 9.47 Å². The third-order valence-electron chi connectivity index (χ3n) is 5.07. The number of hydrogen-bond donors (Lipinski definition) is 2. The summed E-state index contributed by atoms with van der Waals surface area (Å²) < 4.78 is 11.7. The molecule has 0 atom stereocenters. The maximum absolute atomic E-state index is 5.87. The zero-order valence-corrected chi connectivity index (χ0v) is 17.7. The van der Waals surface area contributed by atoms with Crippen molar-refractivity contribution in [1.82, 2.24) is 10.6 Å². The first kappa shape index (κ1) is 21.7. The Morgan fingerprint density at radius 3 is 2.30 bits per heavy atom. The molecule has 4 heteroatoms. The first-order valence-electron chi connectivity index (χ1n) is 10.0. The summed E-state index contributed by atoms with van der Waals surface area (Å²) in [6.45, 7) is 11.5. The quantitative estimate of drug-likeness (QED) is 0.749. The topological polar surface area (TPSA) is 42.5 Å². The van der Waals surface area contributed by atoms with E-state index in [1.807, 2.05) is 14.0 Å². The number of rotatable bonds is 5. The van der Waals surface area contributed by atoms with Crippen molar-refractivity contribution in [2.45, 2.75) is 59.3 Å². The predicted molar refractivity (Wildman–Crippen MR) is 113 cm³/mol. The van der Waals surface area contributed by atoms with Crippen LogP contribution in [0.2, 0.25) is 0 Å². The van der Waals surface area contributed by atoms with E-state index in [4.69, 9.17) is 9.47 Å². The van der Waals surface area contributed by atoms with Gasteiger partial charge in [-0.25, -0.2) is 0 Å². The van der Waals surface area contributed by atoms with Crippen molar-refractivity contribution in [2.24, 2.45) is 0 Å². The molecule has 3 rings (SSSR count). The molecule has 2 N–H and O–H groups in total. The van der Waals surface area contributed by atoms with E-state index in [2.05, 4.69) is 61.7 Å². The molecule has 0 bridgehead atoms. The molecule has 0 unspecified atom stereocenters. The van der Waals surface area contributed by atoms with Crippen LogP contribution < -0.4 is 10.6 Å². The van der Waals surface area contributed by atoms with E-state index in [0.717, 1.165) is 45.6 Å². The molecule has 0 saturated carbocycles. The second-order valence-electron chi connectivity index (χ2n) is 7.60. The summed E-state index contributed by atoms with van der Waals surface area (Å²) in [4.78, 5) is 0. The summed E-state index contributed by atoms with van der Waals surface area (Å²) in [7, 11) is 1.99. The molecule has 0 aromatic heterocycles. The average molecular weight is 373 g/mol. The predicted octanol–water partition coefficient (Wildman–Crippen LogP) is 4.46. The Hall–Kier alpha value is -1.62. The lowest BCUT2D eigenvalue weighted by Gasteiger charge is -2.35. The molecule has 1 fully saturated rings. The number of aryl methyl sites for hydroxylation is 1. The van der Waals surface area contributed by atoms with Crippen molar-refractivity contribution >= 4 is 0 Å². The van der Waals surface area contributed by atoms with Gasteiger partial charge in [-0.1, -0.05) is 41.5 Å². The number of ether oxygens (including phenoxy) is 2. The van der Waals surface area contributed by atoms with Crippen LogP contribution in [0.15, 0.2) is 47.2 Å². The summed E-state index contributed by atoms with van der Waals surface area (Å²) in [6, 6.07) is 8.70. The molecule has 1 saturated heterocycles. The molecule has 1 spiro atoms. The fourth-order valence-corrected chi connectivity index (χ4v) is 3.27. The van der Waals surface area contributed by atoms with E-state index < -0.39 is 0 Å². The van der Waals surface area contributed by atoms with Gasteiger partial charge in [-0.3, -0.25) is 0 Å². The van der Waals surface area contributed by atoms with Crippen LogP contribution in [0.3, 0.4) is 0 Å². The smallest absolute Gasteiger partial charge is 0.172 e. The molecule has 1 aromatic rings. The lowest BCUT2D eigenvalue weighted by atomic mass is 9.90. The third kappa shape index (κ3) is 6.80. The standard InChI is InChI=1S/C18H26N2O2.C5H10/c1-14-3-5-15(6-4-14)12-20-17-7-8-18(21-9-10-22-18)11-16(17)13-19-2;1-4-5(2)3/h3-6,19-20H,7-13H2,1-2H3;4H,1-3H3. The van der Waals surface area contributed by atoms with Gasteiger partial charge in [0.1, 0.15) is 0 Å². The van der Waals surface area contributed by atoms with Crippen molar-refractivity contribution in [3.63, 3.8) is 0 Å². The summed E-state index contributed by atoms with van der Waals surface area (Å²) in [6.07, 6.45) is 4.88. The van der Waals surface area contributed by atoms with Crippen LogP contribution in [0, 0.1) is 6.92 Å². The van der Waals surface area contributed by atoms with Gasteiger partial charge in [-0.05, 0) is 52.3 Å². The maximum atomic E-state index is 5.87. The normalized spacial score (nSPS) is 18.1. The molecule has 2 aliphatic rings. The first-order chi connectivity index (χ1) is 13.0. The molecule has 0 radical (unpaired) electrons. The van der Waals surface area contributed by atoms with E-state index in [0.29, 0.717) is 0 Å². The van der Waals surface area contributed by atoms with Crippen LogP contribution in [0.4, 0.5) is 0 Å². The number of nitrogens with one attached hydrogen (secondary N) is 2. The monoisotopic (exact) mass is 372 g/mol. The Kier molecular flexibility index (Phi) is 8.55. The Labute approximate surface area is 165 Å². The van der Waals surface area contributed by atoms with Crippen LogP contribution in [0.1, 0.15) is 51.2 Å². The molecule has 1 heterocycles. The van der Waals surface area contributed by atoms with Crippen molar-refractivity contribution in [3.8, 4) is 0 Å². The molecule has 150 valence electrons. The van der Waals surface area contributed by atoms with Crippen LogP contribution in [0.5, 0.6) is 0 Å². The summed E-state index contributed by atoms with van der Waals surface area (Å²) in [5, 5.41) is 6.90. The van der Waals surface area contributed by atoms with Gasteiger partial charge in [0, 0.05) is 31.6 Å². The fraction of sp³-hybridized carbons (Fsp3) is 0.565. The van der Waals surface area contributed by atoms with E-state index in [1.54, 1.807) is 0 Å². The minimum atomic E-state index is -0.360. The molecular formula is C23H36N2O2. The van der Waals surface area contributed by atoms with Crippen LogP contribution in [0.25, 0.3) is 0 Å². The van der Waals surface area contributed by atoms with Gasteiger partial charge in [0.25, 0.3) is 0 Å². The van der Waals surface area contributed by atoms with Crippen molar-refractivity contribution in [3.05, 3.63) is 58.3 Å². The summed E-state index contributed by atoms with van der Waals surface area (Å²) in [5.74, 6) is -0.360. The maximum Gasteiger partial charge on any atom is 0.172 e. The highest BCUT2D eigenvalue weighted by molar-refractivity contribution is 5.24. The van der Waals surface area contributed by atoms with E-state index >= 15 is 0 Å². The number of benzene rings is 1. The number of hydrogen-bond acceptors (Lipinski definition) is 4. The lowest BCUT2D eigenvalue weighted by Crippen LogP contribution is -2.38. The Bertz CT molecular complexity index is 637. The second kappa shape index (κ2) is 10.6. The highest BCUT2D eigenvalue weighted by atomic mass is 16.7. The van der Waals surface area contributed by atoms with Gasteiger partial charge in [0.05, 0.1) is 13.2 Å². The molecule has 1 aromatic carbocycles. The van der Waals surface area contributed by atoms with E-state index in [9.17, 15) is 0 Å². The molecule has 0 amide bonds. The Morgan fingerprint density at radius 2 is 1.74 bits per heavy atom.